The molecule has 0 aromatic heterocycles. The van der Waals surface area contributed by atoms with Gasteiger partial charge in [-0.05, 0) is 95.6 Å². The molecule has 4 heterocycles. The maximum atomic E-state index is 13.5. The molecule has 0 bridgehead atoms. The first-order chi connectivity index (χ1) is 23.9. The third-order valence-electron chi connectivity index (χ3n) is 8.21. The molecule has 7 rings (SSSR count). The van der Waals surface area contributed by atoms with E-state index in [1.54, 1.807) is 51.8 Å². The first kappa shape index (κ1) is 31.0. The first-order valence-corrected chi connectivity index (χ1v) is 15.4. The number of nitrogens with one attached hydrogen (secondary N) is 1. The minimum Gasteiger partial charge on any atom is -0.497 e. The SMILES string of the molecule is COc1ccc(C2=CC(C=C3C=CC(C=C4C=CC=N4)=N3)=NC2=C(C2=C(c3ccc(OC)cc3)C(=O)C(=O)N2)c2ccc(OC)cc2)cc1. The van der Waals surface area contributed by atoms with Gasteiger partial charge in [0, 0.05) is 17.4 Å². The molecular formula is C40H30N4O5. The number of nitrogens with zero attached hydrogens (tertiary/aromatic N) is 3. The molecule has 0 aliphatic carbocycles. The molecule has 4 aliphatic heterocycles. The monoisotopic (exact) mass is 646 g/mol. The van der Waals surface area contributed by atoms with Crippen LogP contribution in [0.2, 0.25) is 0 Å². The lowest BCUT2D eigenvalue weighted by atomic mass is 9.90. The minimum absolute atomic E-state index is 0.242. The molecule has 3 aromatic rings. The van der Waals surface area contributed by atoms with Crippen LogP contribution in [0.3, 0.4) is 0 Å². The molecule has 9 heteroatoms. The van der Waals surface area contributed by atoms with Crippen molar-refractivity contribution in [1.29, 1.82) is 0 Å². The minimum atomic E-state index is -0.722. The van der Waals surface area contributed by atoms with Crippen LogP contribution in [0.5, 0.6) is 17.2 Å². The number of ether oxygens (including phenoxy) is 3. The molecule has 1 amide bonds. The highest BCUT2D eigenvalue weighted by molar-refractivity contribution is 6.57. The van der Waals surface area contributed by atoms with Crippen molar-refractivity contribution in [3.8, 4) is 17.2 Å². The highest BCUT2D eigenvalue weighted by atomic mass is 16.5. The van der Waals surface area contributed by atoms with E-state index in [1.165, 1.54) is 0 Å². The predicted octanol–water partition coefficient (Wildman–Crippen LogP) is 6.49. The Bertz CT molecular complexity index is 2170. The third kappa shape index (κ3) is 6.25. The molecule has 0 fully saturated rings. The van der Waals surface area contributed by atoms with Crippen LogP contribution < -0.4 is 19.5 Å². The molecule has 1 N–H and O–H groups in total. The van der Waals surface area contributed by atoms with Crippen LogP contribution >= 0.6 is 0 Å². The summed E-state index contributed by atoms with van der Waals surface area (Å²) in [7, 11) is 4.79. The summed E-state index contributed by atoms with van der Waals surface area (Å²) in [6.45, 7) is 0. The fourth-order valence-corrected chi connectivity index (χ4v) is 5.79. The lowest BCUT2D eigenvalue weighted by molar-refractivity contribution is -0.133. The van der Waals surface area contributed by atoms with Gasteiger partial charge in [-0.1, -0.05) is 36.4 Å². The molecule has 0 radical (unpaired) electrons. The van der Waals surface area contributed by atoms with E-state index in [1.807, 2.05) is 91.1 Å². The van der Waals surface area contributed by atoms with E-state index in [9.17, 15) is 9.59 Å². The average molecular weight is 647 g/mol. The Balaban J connectivity index is 1.45. The third-order valence-corrected chi connectivity index (χ3v) is 8.21. The van der Waals surface area contributed by atoms with Crippen molar-refractivity contribution < 1.29 is 23.8 Å². The normalized spacial score (nSPS) is 19.1. The smallest absolute Gasteiger partial charge is 0.296 e. The van der Waals surface area contributed by atoms with E-state index in [0.29, 0.717) is 45.5 Å². The van der Waals surface area contributed by atoms with Gasteiger partial charge in [-0.25, -0.2) is 9.98 Å². The number of ketones is 1. The van der Waals surface area contributed by atoms with Gasteiger partial charge in [-0.2, -0.15) is 0 Å². The van der Waals surface area contributed by atoms with Crippen LogP contribution in [0.4, 0.5) is 0 Å². The maximum Gasteiger partial charge on any atom is 0.296 e. The number of carbonyl (C=O) groups excluding carboxylic acids is 2. The quantitative estimate of drug-likeness (QED) is 0.267. The lowest BCUT2D eigenvalue weighted by Gasteiger charge is -2.17. The van der Waals surface area contributed by atoms with Crippen molar-refractivity contribution in [2.45, 2.75) is 0 Å². The summed E-state index contributed by atoms with van der Waals surface area (Å²) in [4.78, 5) is 40.9. The second kappa shape index (κ2) is 13.2. The van der Waals surface area contributed by atoms with Gasteiger partial charge in [-0.15, -0.1) is 0 Å². The zero-order chi connectivity index (χ0) is 33.9. The molecule has 3 aromatic carbocycles. The van der Waals surface area contributed by atoms with Gasteiger partial charge in [0.25, 0.3) is 11.7 Å². The Morgan fingerprint density at radius 3 is 1.90 bits per heavy atom. The van der Waals surface area contributed by atoms with Gasteiger partial charge in [-0.3, -0.25) is 14.6 Å². The van der Waals surface area contributed by atoms with Crippen LogP contribution in [-0.4, -0.2) is 50.7 Å². The van der Waals surface area contributed by atoms with E-state index in [-0.39, 0.29) is 5.57 Å². The van der Waals surface area contributed by atoms with Gasteiger partial charge in [0.15, 0.2) is 0 Å². The number of hydrogen-bond acceptors (Lipinski definition) is 8. The number of Topliss-reactive ketones (excluding diaryl/α,β-unsaturated/α-hetero) is 1. The van der Waals surface area contributed by atoms with Crippen LogP contribution in [-0.2, 0) is 9.59 Å². The summed E-state index contributed by atoms with van der Waals surface area (Å²) in [5, 5.41) is 2.89. The molecule has 0 atom stereocenters. The van der Waals surface area contributed by atoms with E-state index in [0.717, 1.165) is 33.8 Å². The number of benzene rings is 3. The van der Waals surface area contributed by atoms with Gasteiger partial charge in [0.1, 0.15) is 17.2 Å². The molecule has 9 nitrogen and oxygen atoms in total. The summed E-state index contributed by atoms with van der Waals surface area (Å²) >= 11 is 0. The Labute approximate surface area is 283 Å². The van der Waals surface area contributed by atoms with Crippen molar-refractivity contribution in [2.24, 2.45) is 15.0 Å². The summed E-state index contributed by atoms with van der Waals surface area (Å²) in [6.07, 6.45) is 15.2. The lowest BCUT2D eigenvalue weighted by Crippen LogP contribution is -2.22. The van der Waals surface area contributed by atoms with Crippen molar-refractivity contribution in [3.63, 3.8) is 0 Å². The molecule has 0 unspecified atom stereocenters. The summed E-state index contributed by atoms with van der Waals surface area (Å²) in [5.41, 5.74) is 7.65. The van der Waals surface area contributed by atoms with Gasteiger partial charge in [0.2, 0.25) is 0 Å². The van der Waals surface area contributed by atoms with E-state index >= 15 is 0 Å². The molecule has 240 valence electrons. The summed E-state index contributed by atoms with van der Waals surface area (Å²) in [6, 6.07) is 22.1. The maximum absolute atomic E-state index is 13.5. The first-order valence-electron chi connectivity index (χ1n) is 15.4. The second-order valence-electron chi connectivity index (χ2n) is 11.2. The van der Waals surface area contributed by atoms with Crippen LogP contribution in [0, 0.1) is 0 Å². The van der Waals surface area contributed by atoms with E-state index in [2.05, 4.69) is 10.3 Å². The molecule has 0 spiro atoms. The second-order valence-corrected chi connectivity index (χ2v) is 11.2. The molecule has 0 saturated carbocycles. The predicted molar refractivity (Wildman–Crippen MR) is 192 cm³/mol. The number of hydrogen-bond donors (Lipinski definition) is 1. The highest BCUT2D eigenvalue weighted by Crippen LogP contribution is 2.42. The number of methoxy groups -OCH3 is 3. The molecular weight excluding hydrogens is 616 g/mol. The number of amides is 1. The molecule has 0 saturated heterocycles. The number of allylic oxidation sites excluding steroid dienone is 9. The fourth-order valence-electron chi connectivity index (χ4n) is 5.79. The Morgan fingerprint density at radius 1 is 0.673 bits per heavy atom. The fraction of sp³-hybridized carbons (Fsp3) is 0.0750. The van der Waals surface area contributed by atoms with E-state index in [4.69, 9.17) is 24.2 Å². The van der Waals surface area contributed by atoms with Crippen molar-refractivity contribution in [3.05, 3.63) is 155 Å². The van der Waals surface area contributed by atoms with Crippen molar-refractivity contribution in [2.75, 3.05) is 21.3 Å². The van der Waals surface area contributed by atoms with Crippen molar-refractivity contribution >= 4 is 46.0 Å². The largest absolute Gasteiger partial charge is 0.497 e. The zero-order valence-electron chi connectivity index (χ0n) is 26.9. The molecule has 49 heavy (non-hydrogen) atoms. The van der Waals surface area contributed by atoms with Crippen LogP contribution in [0.15, 0.2) is 153 Å². The number of rotatable bonds is 9. The molecule has 4 aliphatic rings. The van der Waals surface area contributed by atoms with Crippen LogP contribution in [0.1, 0.15) is 16.7 Å². The topological polar surface area (TPSA) is 111 Å². The standard InChI is InChI=1S/C40H30N4O5/c1-47-31-14-6-24(7-15-31)34-23-30(22-29-13-12-28(42-29)21-27-5-4-20-41-27)43-37(34)35(25-8-16-32(48-2)17-9-25)38-36(39(45)40(46)44-38)26-10-18-33(49-3)19-11-26/h4-23H,1-3H3,(H,44,45,46). The van der Waals surface area contributed by atoms with E-state index < -0.39 is 11.7 Å². The average Bonchev–Trinajstić information content (AvgIpc) is 3.95. The Kier molecular flexibility index (Phi) is 8.39. The van der Waals surface area contributed by atoms with Crippen LogP contribution in [0.25, 0.3) is 16.7 Å². The van der Waals surface area contributed by atoms with Gasteiger partial charge in [0.05, 0.1) is 61.1 Å². The highest BCUT2D eigenvalue weighted by Gasteiger charge is 2.36. The van der Waals surface area contributed by atoms with Gasteiger partial charge >= 0.3 is 0 Å². The Hall–Kier alpha value is -6.61. The number of carbonyl (C=O) groups is 2. The Morgan fingerprint density at radius 2 is 1.29 bits per heavy atom. The summed E-state index contributed by atoms with van der Waals surface area (Å²) < 4.78 is 16.2. The van der Waals surface area contributed by atoms with Gasteiger partial charge < -0.3 is 19.5 Å². The summed E-state index contributed by atoms with van der Waals surface area (Å²) in [5.74, 6) is 0.631. The zero-order valence-corrected chi connectivity index (χ0v) is 26.9. The van der Waals surface area contributed by atoms with Crippen molar-refractivity contribution in [1.82, 2.24) is 5.32 Å². The number of aliphatic imine (C=N–C) groups is 3.